The van der Waals surface area contributed by atoms with Crippen molar-refractivity contribution in [3.8, 4) is 5.75 Å². The predicted molar refractivity (Wildman–Crippen MR) is 120 cm³/mol. The van der Waals surface area contributed by atoms with E-state index in [4.69, 9.17) is 0 Å². The maximum Gasteiger partial charge on any atom is 0.229 e. The number of phenols is 1. The van der Waals surface area contributed by atoms with E-state index in [0.717, 1.165) is 0 Å². The normalized spacial score (nSPS) is 14.9. The SMILES string of the molecule is Cc1ccc(C)c2c1C(=O)C(O)=C(c1cc(C(C)(C)C)c(O)c(C(C)(C)C)c1)C2=O. The lowest BCUT2D eigenvalue weighted by molar-refractivity contribution is 0.0946. The first-order valence-electron chi connectivity index (χ1n) is 10.2. The highest BCUT2D eigenvalue weighted by Crippen LogP contribution is 2.43. The van der Waals surface area contributed by atoms with E-state index in [9.17, 15) is 19.8 Å². The van der Waals surface area contributed by atoms with E-state index in [1.165, 1.54) is 0 Å². The average Bonchev–Trinajstić information content (AvgIpc) is 2.60. The number of aliphatic hydroxyl groups is 1. The number of benzene rings is 2. The van der Waals surface area contributed by atoms with Gasteiger partial charge in [-0.05, 0) is 53.5 Å². The third kappa shape index (κ3) is 3.34. The number of fused-ring (bicyclic) bond motifs is 1. The molecule has 0 unspecified atom stereocenters. The summed E-state index contributed by atoms with van der Waals surface area (Å²) in [6, 6.07) is 7.04. The fourth-order valence-corrected chi connectivity index (χ4v) is 4.05. The largest absolute Gasteiger partial charge is 0.507 e. The van der Waals surface area contributed by atoms with E-state index in [-0.39, 0.29) is 22.7 Å². The second-order valence-electron chi connectivity index (χ2n) is 10.3. The van der Waals surface area contributed by atoms with Gasteiger partial charge in [0.1, 0.15) is 5.75 Å². The zero-order valence-corrected chi connectivity index (χ0v) is 19.0. The van der Waals surface area contributed by atoms with Crippen LogP contribution in [0, 0.1) is 13.8 Å². The number of hydrogen-bond acceptors (Lipinski definition) is 4. The molecule has 4 nitrogen and oxygen atoms in total. The molecule has 1 aliphatic rings. The first-order valence-corrected chi connectivity index (χ1v) is 10.2. The van der Waals surface area contributed by atoms with Crippen LogP contribution in [0.5, 0.6) is 5.75 Å². The number of carbonyl (C=O) groups excluding carboxylic acids is 2. The van der Waals surface area contributed by atoms with Gasteiger partial charge < -0.3 is 10.2 Å². The molecular weight excluding hydrogens is 376 g/mol. The number of allylic oxidation sites excluding steroid dienone is 2. The Morgan fingerprint density at radius 3 is 1.50 bits per heavy atom. The molecule has 0 aromatic heterocycles. The summed E-state index contributed by atoms with van der Waals surface area (Å²) in [6.45, 7) is 15.4. The van der Waals surface area contributed by atoms with Crippen molar-refractivity contribution in [2.24, 2.45) is 0 Å². The minimum absolute atomic E-state index is 0.00259. The van der Waals surface area contributed by atoms with Crippen LogP contribution in [0.15, 0.2) is 30.0 Å². The molecule has 2 aromatic carbocycles. The fourth-order valence-electron chi connectivity index (χ4n) is 4.05. The quantitative estimate of drug-likeness (QED) is 0.613. The smallest absolute Gasteiger partial charge is 0.229 e. The minimum atomic E-state index is -0.538. The molecule has 0 saturated heterocycles. The number of aromatic hydroxyl groups is 1. The van der Waals surface area contributed by atoms with E-state index >= 15 is 0 Å². The Morgan fingerprint density at radius 1 is 0.700 bits per heavy atom. The first-order chi connectivity index (χ1) is 13.7. The number of rotatable bonds is 1. The molecule has 2 aromatic rings. The predicted octanol–water partition coefficient (Wildman–Crippen LogP) is 5.95. The molecule has 0 spiro atoms. The van der Waals surface area contributed by atoms with Gasteiger partial charge in [-0.15, -0.1) is 0 Å². The Labute approximate surface area is 178 Å². The number of phenolic OH excluding ortho intramolecular Hbond substituents is 1. The summed E-state index contributed by atoms with van der Waals surface area (Å²) in [5.74, 6) is -1.26. The molecule has 0 heterocycles. The highest BCUT2D eigenvalue weighted by atomic mass is 16.3. The first kappa shape index (κ1) is 21.8. The van der Waals surface area contributed by atoms with Crippen molar-refractivity contribution in [1.29, 1.82) is 0 Å². The molecule has 30 heavy (non-hydrogen) atoms. The third-order valence-electron chi connectivity index (χ3n) is 5.77. The van der Waals surface area contributed by atoms with Crippen molar-refractivity contribution in [3.05, 3.63) is 69.0 Å². The summed E-state index contributed by atoms with van der Waals surface area (Å²) >= 11 is 0. The lowest BCUT2D eigenvalue weighted by Gasteiger charge is -2.29. The molecule has 0 fully saturated rings. The zero-order valence-electron chi connectivity index (χ0n) is 19.0. The van der Waals surface area contributed by atoms with Crippen molar-refractivity contribution in [1.82, 2.24) is 0 Å². The number of hydrogen-bond donors (Lipinski definition) is 2. The van der Waals surface area contributed by atoms with Crippen molar-refractivity contribution in [3.63, 3.8) is 0 Å². The molecule has 0 radical (unpaired) electrons. The van der Waals surface area contributed by atoms with Gasteiger partial charge in [0.2, 0.25) is 5.78 Å². The monoisotopic (exact) mass is 406 g/mol. The Bertz CT molecular complexity index is 1080. The van der Waals surface area contributed by atoms with Crippen LogP contribution in [0.1, 0.15) is 90.1 Å². The van der Waals surface area contributed by atoms with Crippen LogP contribution in [0.25, 0.3) is 5.57 Å². The van der Waals surface area contributed by atoms with E-state index in [1.807, 2.05) is 47.6 Å². The number of ketones is 2. The molecule has 1 aliphatic carbocycles. The van der Waals surface area contributed by atoms with Gasteiger partial charge in [-0.3, -0.25) is 9.59 Å². The summed E-state index contributed by atoms with van der Waals surface area (Å²) in [5, 5.41) is 21.8. The molecule has 0 aliphatic heterocycles. The summed E-state index contributed by atoms with van der Waals surface area (Å²) in [6.07, 6.45) is 0. The van der Waals surface area contributed by atoms with Gasteiger partial charge in [0.25, 0.3) is 0 Å². The van der Waals surface area contributed by atoms with Crippen LogP contribution in [-0.2, 0) is 10.8 Å². The second-order valence-corrected chi connectivity index (χ2v) is 10.3. The van der Waals surface area contributed by atoms with Gasteiger partial charge in [-0.1, -0.05) is 53.7 Å². The lowest BCUT2D eigenvalue weighted by atomic mass is 9.75. The highest BCUT2D eigenvalue weighted by molar-refractivity contribution is 6.40. The summed E-state index contributed by atoms with van der Waals surface area (Å²) in [4.78, 5) is 26.6. The molecular formula is C26H30O4. The molecule has 3 rings (SSSR count). The van der Waals surface area contributed by atoms with E-state index in [2.05, 4.69) is 0 Å². The zero-order chi connectivity index (χ0) is 22.8. The van der Waals surface area contributed by atoms with E-state index in [1.54, 1.807) is 32.0 Å². The van der Waals surface area contributed by atoms with Crippen LogP contribution >= 0.6 is 0 Å². The van der Waals surface area contributed by atoms with Gasteiger partial charge in [-0.25, -0.2) is 0 Å². The Balaban J connectivity index is 2.38. The topological polar surface area (TPSA) is 74.6 Å². The van der Waals surface area contributed by atoms with Crippen LogP contribution in [0.3, 0.4) is 0 Å². The van der Waals surface area contributed by atoms with Crippen LogP contribution in [-0.4, -0.2) is 21.8 Å². The Morgan fingerprint density at radius 2 is 1.10 bits per heavy atom. The van der Waals surface area contributed by atoms with Crippen molar-refractivity contribution in [2.75, 3.05) is 0 Å². The van der Waals surface area contributed by atoms with Crippen molar-refractivity contribution < 1.29 is 19.8 Å². The second kappa shape index (κ2) is 6.83. The number of Topliss-reactive ketones (excluding diaryl/α,β-unsaturated/α-hetero) is 2. The number of carbonyl (C=O) groups is 2. The molecule has 0 saturated carbocycles. The summed E-state index contributed by atoms with van der Waals surface area (Å²) in [5.41, 5.74) is 2.95. The number of aliphatic hydroxyl groups excluding tert-OH is 1. The molecule has 158 valence electrons. The van der Waals surface area contributed by atoms with Crippen molar-refractivity contribution >= 4 is 17.1 Å². The summed E-state index contributed by atoms with van der Waals surface area (Å²) in [7, 11) is 0. The highest BCUT2D eigenvalue weighted by Gasteiger charge is 2.37. The fraction of sp³-hybridized carbons (Fsp3) is 0.385. The van der Waals surface area contributed by atoms with Gasteiger partial charge in [0.05, 0.1) is 5.57 Å². The standard InChI is InChI=1S/C26H30O4/c1-13-9-10-14(2)19-18(13)22(28)20(24(30)23(19)29)15-11-16(25(3,4)5)21(27)17(12-15)26(6,7)8/h9-12,27,30H,1-8H3. The molecule has 0 bridgehead atoms. The Hall–Kier alpha value is -2.88. The van der Waals surface area contributed by atoms with Crippen LogP contribution in [0.4, 0.5) is 0 Å². The van der Waals surface area contributed by atoms with Crippen molar-refractivity contribution in [2.45, 2.75) is 66.2 Å². The summed E-state index contributed by atoms with van der Waals surface area (Å²) < 4.78 is 0. The molecule has 0 atom stereocenters. The lowest BCUT2D eigenvalue weighted by Crippen LogP contribution is -2.24. The average molecular weight is 407 g/mol. The maximum absolute atomic E-state index is 13.5. The molecule has 4 heteroatoms. The number of aryl methyl sites for hydroxylation is 2. The minimum Gasteiger partial charge on any atom is -0.507 e. The molecule has 2 N–H and O–H groups in total. The van der Waals surface area contributed by atoms with Crippen LogP contribution < -0.4 is 0 Å². The maximum atomic E-state index is 13.5. The van der Waals surface area contributed by atoms with Gasteiger partial charge in [0.15, 0.2) is 11.5 Å². The molecule has 0 amide bonds. The van der Waals surface area contributed by atoms with Crippen LogP contribution in [0.2, 0.25) is 0 Å². The van der Waals surface area contributed by atoms with E-state index < -0.39 is 22.4 Å². The van der Waals surface area contributed by atoms with Gasteiger partial charge >= 0.3 is 0 Å². The van der Waals surface area contributed by atoms with Gasteiger partial charge in [0, 0.05) is 22.3 Å². The third-order valence-corrected chi connectivity index (χ3v) is 5.77. The Kier molecular flexibility index (Phi) is 4.97. The van der Waals surface area contributed by atoms with Gasteiger partial charge in [-0.2, -0.15) is 0 Å². The van der Waals surface area contributed by atoms with E-state index in [0.29, 0.717) is 33.4 Å².